The molecule has 4 rings (SSSR count). The molecule has 2 aromatic rings. The number of aliphatic hydroxyl groups is 1. The average molecular weight is 391 g/mol. The van der Waals surface area contributed by atoms with Crippen molar-refractivity contribution in [1.82, 2.24) is 14.8 Å². The largest absolute Gasteiger partial charge is 0.395 e. The van der Waals surface area contributed by atoms with Crippen molar-refractivity contribution in [3.05, 3.63) is 66.0 Å². The monoisotopic (exact) mass is 391 g/mol. The predicted molar refractivity (Wildman–Crippen MR) is 99.7 cm³/mol. The smallest absolute Gasteiger partial charge is 0.390 e. The highest BCUT2D eigenvalue weighted by Crippen LogP contribution is 2.54. The van der Waals surface area contributed by atoms with E-state index in [1.165, 1.54) is 0 Å². The van der Waals surface area contributed by atoms with Gasteiger partial charge in [-0.2, -0.15) is 13.2 Å². The Labute approximate surface area is 162 Å². The van der Waals surface area contributed by atoms with E-state index in [0.29, 0.717) is 19.6 Å². The SMILES string of the molecule is OC[C@@H]1[C@H](c2ccccc2)C2(CN(CCC(F)(F)F)C2)N1Cc1cccnc1. The maximum Gasteiger partial charge on any atom is 0.390 e. The predicted octanol–water partition coefficient (Wildman–Crippen LogP) is 3.05. The molecule has 4 nitrogen and oxygen atoms in total. The first-order chi connectivity index (χ1) is 13.4. The zero-order valence-electron chi connectivity index (χ0n) is 15.5. The number of halogens is 3. The van der Waals surface area contributed by atoms with Gasteiger partial charge < -0.3 is 5.11 Å². The Bertz CT molecular complexity index is 778. The minimum absolute atomic E-state index is 0.0180. The lowest BCUT2D eigenvalue weighted by molar-refractivity contribution is -0.204. The van der Waals surface area contributed by atoms with E-state index in [9.17, 15) is 18.3 Å². The molecule has 1 aromatic carbocycles. The molecule has 28 heavy (non-hydrogen) atoms. The third-order valence-electron chi connectivity index (χ3n) is 6.06. The Morgan fingerprint density at radius 1 is 1.11 bits per heavy atom. The molecule has 2 fully saturated rings. The van der Waals surface area contributed by atoms with Gasteiger partial charge in [0.25, 0.3) is 0 Å². The van der Waals surface area contributed by atoms with E-state index in [-0.39, 0.29) is 30.7 Å². The van der Waals surface area contributed by atoms with Gasteiger partial charge in [0.05, 0.1) is 18.6 Å². The van der Waals surface area contributed by atoms with E-state index in [2.05, 4.69) is 22.0 Å². The highest BCUT2D eigenvalue weighted by molar-refractivity contribution is 5.36. The van der Waals surface area contributed by atoms with Gasteiger partial charge in [-0.3, -0.25) is 14.8 Å². The molecule has 0 unspecified atom stereocenters. The lowest BCUT2D eigenvalue weighted by atomic mass is 9.60. The van der Waals surface area contributed by atoms with Crippen molar-refractivity contribution in [3.8, 4) is 0 Å². The van der Waals surface area contributed by atoms with Gasteiger partial charge in [-0.25, -0.2) is 0 Å². The molecular formula is C21H24F3N3O. The van der Waals surface area contributed by atoms with Gasteiger partial charge in [-0.15, -0.1) is 0 Å². The fourth-order valence-electron chi connectivity index (χ4n) is 4.87. The van der Waals surface area contributed by atoms with Crippen LogP contribution in [0.4, 0.5) is 13.2 Å². The molecule has 0 radical (unpaired) electrons. The van der Waals surface area contributed by atoms with Crippen molar-refractivity contribution in [1.29, 1.82) is 0 Å². The molecule has 2 atom stereocenters. The number of likely N-dealkylation sites (tertiary alicyclic amines) is 2. The molecule has 0 amide bonds. The van der Waals surface area contributed by atoms with Crippen LogP contribution in [0.15, 0.2) is 54.9 Å². The highest BCUT2D eigenvalue weighted by atomic mass is 19.4. The molecule has 1 N–H and O–H groups in total. The summed E-state index contributed by atoms with van der Waals surface area (Å²) in [6.45, 7) is 1.84. The summed E-state index contributed by atoms with van der Waals surface area (Å²) >= 11 is 0. The molecular weight excluding hydrogens is 367 g/mol. The van der Waals surface area contributed by atoms with Crippen molar-refractivity contribution in [2.45, 2.75) is 36.6 Å². The number of aliphatic hydroxyl groups excluding tert-OH is 1. The van der Waals surface area contributed by atoms with Crippen LogP contribution in [0.1, 0.15) is 23.5 Å². The van der Waals surface area contributed by atoms with E-state index in [0.717, 1.165) is 11.1 Å². The first-order valence-corrected chi connectivity index (χ1v) is 9.53. The number of hydrogen-bond donors (Lipinski definition) is 1. The number of aromatic nitrogens is 1. The maximum absolute atomic E-state index is 12.6. The third kappa shape index (κ3) is 3.54. The Kier molecular flexibility index (Phi) is 5.16. The van der Waals surface area contributed by atoms with Crippen molar-refractivity contribution >= 4 is 0 Å². The molecule has 7 heteroatoms. The number of pyridine rings is 1. The van der Waals surface area contributed by atoms with Crippen LogP contribution in [0.25, 0.3) is 0 Å². The van der Waals surface area contributed by atoms with E-state index < -0.39 is 12.6 Å². The van der Waals surface area contributed by atoms with Gasteiger partial charge in [0.15, 0.2) is 0 Å². The second kappa shape index (κ2) is 7.46. The second-order valence-electron chi connectivity index (χ2n) is 7.81. The summed E-state index contributed by atoms with van der Waals surface area (Å²) in [5.41, 5.74) is 1.94. The zero-order chi connectivity index (χ0) is 19.8. The minimum Gasteiger partial charge on any atom is -0.395 e. The van der Waals surface area contributed by atoms with Gasteiger partial charge in [-0.05, 0) is 17.2 Å². The molecule has 3 heterocycles. The number of nitrogens with zero attached hydrogens (tertiary/aromatic N) is 3. The Hall–Kier alpha value is -1.96. The summed E-state index contributed by atoms with van der Waals surface area (Å²) in [4.78, 5) is 8.29. The molecule has 0 bridgehead atoms. The number of benzene rings is 1. The Morgan fingerprint density at radius 3 is 2.46 bits per heavy atom. The van der Waals surface area contributed by atoms with E-state index >= 15 is 0 Å². The third-order valence-corrected chi connectivity index (χ3v) is 6.06. The van der Waals surface area contributed by atoms with Crippen molar-refractivity contribution in [2.75, 3.05) is 26.2 Å². The maximum atomic E-state index is 12.6. The van der Waals surface area contributed by atoms with Crippen LogP contribution in [-0.4, -0.2) is 63.9 Å². The van der Waals surface area contributed by atoms with Crippen molar-refractivity contribution in [2.24, 2.45) is 0 Å². The van der Waals surface area contributed by atoms with E-state index in [1.54, 1.807) is 12.4 Å². The summed E-state index contributed by atoms with van der Waals surface area (Å²) in [6.07, 6.45) is -1.40. The molecule has 2 aliphatic rings. The van der Waals surface area contributed by atoms with Gasteiger partial charge in [0.2, 0.25) is 0 Å². The van der Waals surface area contributed by atoms with Crippen LogP contribution < -0.4 is 0 Å². The fourth-order valence-corrected chi connectivity index (χ4v) is 4.87. The Morgan fingerprint density at radius 2 is 1.86 bits per heavy atom. The molecule has 0 saturated carbocycles. The van der Waals surface area contributed by atoms with Crippen molar-refractivity contribution in [3.63, 3.8) is 0 Å². The van der Waals surface area contributed by atoms with Gasteiger partial charge >= 0.3 is 6.18 Å². The standard InChI is InChI=1S/C21H24F3N3O/c22-21(23,24)8-10-26-14-20(15-26)19(17-6-2-1-3-7-17)18(13-28)27(20)12-16-5-4-9-25-11-16/h1-7,9,11,18-19,28H,8,10,12-15H2/t18-,19+/m1/s1. The zero-order valence-corrected chi connectivity index (χ0v) is 15.5. The van der Waals surface area contributed by atoms with Crippen LogP contribution in [0.3, 0.4) is 0 Å². The van der Waals surface area contributed by atoms with E-state index in [4.69, 9.17) is 0 Å². The van der Waals surface area contributed by atoms with Gasteiger partial charge in [0.1, 0.15) is 0 Å². The topological polar surface area (TPSA) is 39.6 Å². The lowest BCUT2D eigenvalue weighted by Crippen LogP contribution is -2.84. The number of alkyl halides is 3. The fraction of sp³-hybridized carbons (Fsp3) is 0.476. The van der Waals surface area contributed by atoms with Crippen molar-refractivity contribution < 1.29 is 18.3 Å². The molecule has 2 saturated heterocycles. The summed E-state index contributed by atoms with van der Waals surface area (Å²) in [7, 11) is 0. The van der Waals surface area contributed by atoms with Gasteiger partial charge in [0, 0.05) is 50.5 Å². The average Bonchev–Trinajstić information content (AvgIpc) is 2.64. The first kappa shape index (κ1) is 19.4. The second-order valence-corrected chi connectivity index (χ2v) is 7.81. The number of hydrogen-bond acceptors (Lipinski definition) is 4. The summed E-state index contributed by atoms with van der Waals surface area (Å²) in [6, 6.07) is 13.8. The number of rotatable bonds is 6. The Balaban J connectivity index is 1.55. The normalized spacial score (nSPS) is 24.7. The van der Waals surface area contributed by atoms with Crippen LogP contribution in [0.5, 0.6) is 0 Å². The summed E-state index contributed by atoms with van der Waals surface area (Å²) in [5, 5.41) is 10.1. The van der Waals surface area contributed by atoms with E-state index in [1.807, 2.05) is 35.2 Å². The van der Waals surface area contributed by atoms with Crippen LogP contribution in [-0.2, 0) is 6.54 Å². The quantitative estimate of drug-likeness (QED) is 0.822. The lowest BCUT2D eigenvalue weighted by Gasteiger charge is -2.71. The molecule has 0 aliphatic carbocycles. The summed E-state index contributed by atoms with van der Waals surface area (Å²) in [5.74, 6) is 0.109. The molecule has 150 valence electrons. The molecule has 1 spiro atoms. The van der Waals surface area contributed by atoms with Crippen LogP contribution in [0, 0.1) is 0 Å². The van der Waals surface area contributed by atoms with Crippen LogP contribution in [0.2, 0.25) is 0 Å². The minimum atomic E-state index is -4.13. The summed E-state index contributed by atoms with van der Waals surface area (Å²) < 4.78 is 37.8. The highest BCUT2D eigenvalue weighted by Gasteiger charge is 2.65. The molecule has 1 aromatic heterocycles. The molecule has 2 aliphatic heterocycles. The first-order valence-electron chi connectivity index (χ1n) is 9.53. The van der Waals surface area contributed by atoms with Gasteiger partial charge in [-0.1, -0.05) is 36.4 Å². The van der Waals surface area contributed by atoms with Crippen LogP contribution >= 0.6 is 0 Å².